The van der Waals surface area contributed by atoms with Crippen molar-refractivity contribution in [3.63, 3.8) is 0 Å². The van der Waals surface area contributed by atoms with Crippen LogP contribution in [0.25, 0.3) is 0 Å². The molecule has 9 nitrogen and oxygen atoms in total. The highest BCUT2D eigenvalue weighted by molar-refractivity contribution is 5.75. The molecule has 0 spiro atoms. The first kappa shape index (κ1) is 57.7. The zero-order valence-corrected chi connectivity index (χ0v) is 38.8. The first-order chi connectivity index (χ1) is 28.3. The van der Waals surface area contributed by atoms with Crippen LogP contribution in [0.5, 0.6) is 0 Å². The van der Waals surface area contributed by atoms with Crippen molar-refractivity contribution in [2.24, 2.45) is 5.92 Å². The minimum atomic E-state index is -0.309. The van der Waals surface area contributed by atoms with E-state index in [1.165, 1.54) is 193 Å². The Morgan fingerprint density at radius 3 is 1.10 bits per heavy atom. The van der Waals surface area contributed by atoms with Crippen LogP contribution >= 0.6 is 0 Å². The zero-order chi connectivity index (χ0) is 43.3. The molecular formula is C49H95N3O6. The van der Waals surface area contributed by atoms with Crippen LogP contribution in [0.15, 0.2) is 9.59 Å². The van der Waals surface area contributed by atoms with Crippen LogP contribution in [0.3, 0.4) is 0 Å². The Bertz CT molecular complexity index is 1050. The average Bonchev–Trinajstić information content (AvgIpc) is 3.21. The van der Waals surface area contributed by atoms with Crippen LogP contribution in [0, 0.1) is 5.92 Å². The molecule has 0 radical (unpaired) electrons. The Kier molecular flexibility index (Phi) is 45.4. The first-order valence-corrected chi connectivity index (χ1v) is 24.4. The predicted molar refractivity (Wildman–Crippen MR) is 251 cm³/mol. The molecule has 3 N–H and O–H groups in total. The molecule has 0 amide bonds. The van der Waals surface area contributed by atoms with Gasteiger partial charge < -0.3 is 25.3 Å². The monoisotopic (exact) mass is 822 g/mol. The summed E-state index contributed by atoms with van der Waals surface area (Å²) in [5, 5.41) is 17.1. The van der Waals surface area contributed by atoms with Crippen LogP contribution in [0.4, 0.5) is 11.4 Å². The molecule has 0 saturated carbocycles. The molecule has 0 aliphatic heterocycles. The maximum absolute atomic E-state index is 12.9. The fourth-order valence-electron chi connectivity index (χ4n) is 8.06. The quantitative estimate of drug-likeness (QED) is 0.0336. The number of unbranched alkanes of at least 4 members (excludes halogenated alkanes) is 25. The van der Waals surface area contributed by atoms with E-state index in [-0.39, 0.29) is 23.8 Å². The Balaban J connectivity index is 0. The highest BCUT2D eigenvalue weighted by Crippen LogP contribution is 2.26. The topological polar surface area (TPSA) is 127 Å². The summed E-state index contributed by atoms with van der Waals surface area (Å²) in [5.74, 6) is 0.932. The summed E-state index contributed by atoms with van der Waals surface area (Å²) in [6, 6.07) is 0. The molecular weight excluding hydrogens is 727 g/mol. The van der Waals surface area contributed by atoms with Crippen molar-refractivity contribution in [3.8, 4) is 0 Å². The number of nitrogens with one attached hydrogen (secondary N) is 1. The third-order valence-corrected chi connectivity index (χ3v) is 11.5. The summed E-state index contributed by atoms with van der Waals surface area (Å²) in [7, 11) is 4.15. The van der Waals surface area contributed by atoms with Crippen molar-refractivity contribution in [2.75, 3.05) is 50.5 Å². The molecule has 1 aromatic carbocycles. The lowest BCUT2D eigenvalue weighted by Gasteiger charge is -2.28. The standard InChI is InChI=1S/C47H91N3O2.2CH2O2/c1-6-9-12-15-18-19-20-21-22-23-28-33-41-50(45-44(46(51)47(45)52)48-39-35-40-49(4)5)42-34-29-24-27-32-38-43(36-30-25-16-13-10-7-2)37-31-26-17-14-11-8-3;2*2-1-3/h43,48H,6-42H2,1-5H3;2*1H,(H,2,3). The largest absolute Gasteiger partial charge is 0.483 e. The molecule has 0 unspecified atom stereocenters. The molecule has 1 rings (SSSR count). The molecule has 0 aliphatic rings. The van der Waals surface area contributed by atoms with Crippen LogP contribution in [0.1, 0.15) is 233 Å². The van der Waals surface area contributed by atoms with Gasteiger partial charge in [-0.3, -0.25) is 19.2 Å². The Labute approximate surface area is 357 Å². The highest BCUT2D eigenvalue weighted by atomic mass is 16.3. The van der Waals surface area contributed by atoms with Gasteiger partial charge in [0.25, 0.3) is 23.8 Å². The summed E-state index contributed by atoms with van der Waals surface area (Å²) in [4.78, 5) is 46.7. The van der Waals surface area contributed by atoms with Crippen molar-refractivity contribution in [1.29, 1.82) is 0 Å². The number of carbonyl (C=O) groups is 2. The van der Waals surface area contributed by atoms with E-state index in [9.17, 15) is 9.59 Å². The molecule has 0 fully saturated rings. The molecule has 58 heavy (non-hydrogen) atoms. The third kappa shape index (κ3) is 35.5. The van der Waals surface area contributed by atoms with Crippen molar-refractivity contribution >= 4 is 24.3 Å². The van der Waals surface area contributed by atoms with Crippen LogP contribution < -0.4 is 21.1 Å². The number of nitrogens with zero attached hydrogens (tertiary/aromatic N) is 2. The van der Waals surface area contributed by atoms with E-state index >= 15 is 0 Å². The maximum atomic E-state index is 12.9. The summed E-state index contributed by atoms with van der Waals surface area (Å²) < 4.78 is 0. The molecule has 0 saturated heterocycles. The van der Waals surface area contributed by atoms with Crippen LogP contribution in [0.2, 0.25) is 0 Å². The summed E-state index contributed by atoms with van der Waals surface area (Å²) in [6.07, 6.45) is 44.5. The maximum Gasteiger partial charge on any atom is 0.290 e. The van der Waals surface area contributed by atoms with Gasteiger partial charge in [-0.25, -0.2) is 0 Å². The number of hydrogen-bond donors (Lipinski definition) is 3. The normalized spacial score (nSPS) is 11.0. The molecule has 0 aliphatic carbocycles. The van der Waals surface area contributed by atoms with Gasteiger partial charge in [0.05, 0.1) is 0 Å². The van der Waals surface area contributed by atoms with Gasteiger partial charge in [0.2, 0.25) is 0 Å². The molecule has 0 heterocycles. The van der Waals surface area contributed by atoms with Gasteiger partial charge in [0.1, 0.15) is 11.4 Å². The lowest BCUT2D eigenvalue weighted by atomic mass is 9.89. The first-order valence-electron chi connectivity index (χ1n) is 24.4. The summed E-state index contributed by atoms with van der Waals surface area (Å²) in [5.41, 5.74) is 0.696. The van der Waals surface area contributed by atoms with Gasteiger partial charge in [-0.1, -0.05) is 213 Å². The second kappa shape index (κ2) is 45.7. The van der Waals surface area contributed by atoms with Crippen molar-refractivity contribution in [2.45, 2.75) is 233 Å². The lowest BCUT2D eigenvalue weighted by Crippen LogP contribution is -2.43. The van der Waals surface area contributed by atoms with Gasteiger partial charge in [-0.2, -0.15) is 0 Å². The van der Waals surface area contributed by atoms with Crippen molar-refractivity contribution in [3.05, 3.63) is 20.4 Å². The smallest absolute Gasteiger partial charge is 0.290 e. The second-order valence-electron chi connectivity index (χ2n) is 17.1. The van der Waals surface area contributed by atoms with E-state index in [0.29, 0.717) is 11.4 Å². The number of carboxylic acid groups (broad SMARTS) is 2. The number of anilines is 2. The van der Waals surface area contributed by atoms with Crippen LogP contribution in [-0.2, 0) is 9.59 Å². The van der Waals surface area contributed by atoms with Crippen molar-refractivity contribution < 1.29 is 19.8 Å². The van der Waals surface area contributed by atoms with Gasteiger partial charge in [-0.05, 0) is 45.8 Å². The summed E-state index contributed by atoms with van der Waals surface area (Å²) in [6.45, 7) is 9.91. The van der Waals surface area contributed by atoms with Gasteiger partial charge in [0, 0.05) is 19.6 Å². The van der Waals surface area contributed by atoms with E-state index in [2.05, 4.69) is 50.0 Å². The zero-order valence-electron chi connectivity index (χ0n) is 38.8. The van der Waals surface area contributed by atoms with Gasteiger partial charge in [-0.15, -0.1) is 0 Å². The second-order valence-corrected chi connectivity index (χ2v) is 17.1. The summed E-state index contributed by atoms with van der Waals surface area (Å²) >= 11 is 0. The molecule has 9 heteroatoms. The van der Waals surface area contributed by atoms with Crippen LogP contribution in [-0.4, -0.2) is 68.3 Å². The highest BCUT2D eigenvalue weighted by Gasteiger charge is 2.25. The minimum Gasteiger partial charge on any atom is -0.483 e. The minimum absolute atomic E-state index is 0.250. The molecule has 1 aromatic rings. The third-order valence-electron chi connectivity index (χ3n) is 11.5. The number of hydrogen-bond acceptors (Lipinski definition) is 7. The van der Waals surface area contributed by atoms with Gasteiger partial charge >= 0.3 is 0 Å². The molecule has 342 valence electrons. The molecule has 0 atom stereocenters. The predicted octanol–water partition coefficient (Wildman–Crippen LogP) is 13.0. The Hall–Kier alpha value is -2.42. The average molecular weight is 822 g/mol. The van der Waals surface area contributed by atoms with E-state index in [1.54, 1.807) is 0 Å². The lowest BCUT2D eigenvalue weighted by molar-refractivity contribution is -0.123. The van der Waals surface area contributed by atoms with E-state index < -0.39 is 0 Å². The Morgan fingerprint density at radius 2 is 0.776 bits per heavy atom. The van der Waals surface area contributed by atoms with E-state index in [4.69, 9.17) is 19.8 Å². The SMILES string of the molecule is CCCCCCCCCCCCCCN(CCCCCCCC(CCCCCCCC)CCCCCCCC)c1c(NCCCN(C)C)c(=O)c1=O.O=CO.O=CO. The van der Waals surface area contributed by atoms with Crippen molar-refractivity contribution in [1.82, 2.24) is 4.90 Å². The molecule has 0 aromatic heterocycles. The molecule has 0 bridgehead atoms. The van der Waals surface area contributed by atoms with E-state index in [0.717, 1.165) is 51.4 Å². The number of rotatable bonds is 41. The fraction of sp³-hybridized carbons (Fsp3) is 0.878. The Morgan fingerprint density at radius 1 is 0.466 bits per heavy atom. The van der Waals surface area contributed by atoms with E-state index in [1.807, 2.05) is 0 Å². The van der Waals surface area contributed by atoms with Gasteiger partial charge in [0.15, 0.2) is 0 Å². The fourth-order valence-corrected chi connectivity index (χ4v) is 8.06.